The van der Waals surface area contributed by atoms with E-state index >= 15 is 0 Å². The molecule has 0 saturated heterocycles. The molecule has 0 fully saturated rings. The molecule has 4 heteroatoms. The van der Waals surface area contributed by atoms with Crippen molar-refractivity contribution in [2.24, 2.45) is 0 Å². The minimum Gasteiger partial charge on any atom is -0.371 e. The smallest absolute Gasteiger partial charge is 0.0992 e. The number of anilines is 1. The van der Waals surface area contributed by atoms with Crippen molar-refractivity contribution in [3.63, 3.8) is 0 Å². The van der Waals surface area contributed by atoms with Crippen LogP contribution in [0.3, 0.4) is 0 Å². The van der Waals surface area contributed by atoms with E-state index in [4.69, 9.17) is 5.26 Å². The summed E-state index contributed by atoms with van der Waals surface area (Å²) >= 11 is 5.26. The predicted molar refractivity (Wildman–Crippen MR) is 75.1 cm³/mol. The molecule has 0 aliphatic heterocycles. The van der Waals surface area contributed by atoms with Crippen LogP contribution >= 0.6 is 27.7 Å². The second kappa shape index (κ2) is 6.17. The Bertz CT molecular complexity index is 400. The third-order valence-corrected chi connectivity index (χ3v) is 3.76. The van der Waals surface area contributed by atoms with E-state index in [-0.39, 0.29) is 0 Å². The summed E-state index contributed by atoms with van der Waals surface area (Å²) in [4.78, 5) is 2.20. The lowest BCUT2D eigenvalue weighted by molar-refractivity contribution is 0.765. The largest absolute Gasteiger partial charge is 0.371 e. The van der Waals surface area contributed by atoms with Crippen molar-refractivity contribution in [2.45, 2.75) is 13.0 Å². The second-order valence-corrected chi connectivity index (χ2v) is 5.55. The third kappa shape index (κ3) is 3.43. The predicted octanol–water partition coefficient (Wildman–Crippen LogP) is 3.51. The summed E-state index contributed by atoms with van der Waals surface area (Å²) in [5.74, 6) is 1.07. The highest BCUT2D eigenvalue weighted by atomic mass is 79.9. The quantitative estimate of drug-likeness (QED) is 0.851. The zero-order valence-electron chi connectivity index (χ0n) is 9.70. The number of nitriles is 1. The van der Waals surface area contributed by atoms with Crippen LogP contribution in [-0.4, -0.2) is 25.1 Å². The molecule has 1 unspecified atom stereocenters. The number of rotatable bonds is 4. The molecule has 0 radical (unpaired) electrons. The maximum Gasteiger partial charge on any atom is 0.0992 e. The van der Waals surface area contributed by atoms with Gasteiger partial charge in [-0.3, -0.25) is 0 Å². The second-order valence-electron chi connectivity index (χ2n) is 3.73. The van der Waals surface area contributed by atoms with E-state index in [9.17, 15) is 0 Å². The number of thioether (sulfide) groups is 1. The van der Waals surface area contributed by atoms with Crippen LogP contribution in [0.1, 0.15) is 12.5 Å². The highest BCUT2D eigenvalue weighted by Gasteiger charge is 2.10. The number of halogens is 1. The van der Waals surface area contributed by atoms with Crippen LogP contribution < -0.4 is 4.90 Å². The number of hydrogen-bond acceptors (Lipinski definition) is 3. The first-order valence-corrected chi connectivity index (χ1v) is 7.19. The molecular formula is C12H15BrN2S. The van der Waals surface area contributed by atoms with Crippen LogP contribution in [0.4, 0.5) is 5.69 Å². The summed E-state index contributed by atoms with van der Waals surface area (Å²) in [5.41, 5.74) is 1.76. The molecule has 1 rings (SSSR count). The molecule has 0 spiro atoms. The van der Waals surface area contributed by atoms with Crippen LogP contribution in [-0.2, 0) is 0 Å². The Morgan fingerprint density at radius 2 is 2.19 bits per heavy atom. The molecule has 0 aromatic heterocycles. The van der Waals surface area contributed by atoms with Crippen LogP contribution in [0.25, 0.3) is 0 Å². The Kier molecular flexibility index (Phi) is 5.17. The SMILES string of the molecule is CSCC(C)N(C)c1cc(Br)cc(C#N)c1. The molecule has 1 aromatic rings. The maximum absolute atomic E-state index is 8.92. The monoisotopic (exact) mass is 298 g/mol. The van der Waals surface area contributed by atoms with Crippen molar-refractivity contribution in [3.05, 3.63) is 28.2 Å². The fourth-order valence-electron chi connectivity index (χ4n) is 1.45. The molecule has 1 atom stereocenters. The van der Waals surface area contributed by atoms with Gasteiger partial charge < -0.3 is 4.90 Å². The summed E-state index contributed by atoms with van der Waals surface area (Å²) in [6.07, 6.45) is 2.10. The molecule has 0 N–H and O–H groups in total. The van der Waals surface area contributed by atoms with Gasteiger partial charge in [-0.05, 0) is 31.4 Å². The van der Waals surface area contributed by atoms with Gasteiger partial charge in [-0.15, -0.1) is 0 Å². The summed E-state index contributed by atoms with van der Waals surface area (Å²) in [7, 11) is 2.06. The van der Waals surface area contributed by atoms with Crippen LogP contribution in [0.15, 0.2) is 22.7 Å². The third-order valence-electron chi connectivity index (χ3n) is 2.49. The molecule has 86 valence electrons. The average Bonchev–Trinajstić information content (AvgIpc) is 2.27. The lowest BCUT2D eigenvalue weighted by Crippen LogP contribution is -2.30. The average molecular weight is 299 g/mol. The number of benzene rings is 1. The molecule has 0 aliphatic carbocycles. The van der Waals surface area contributed by atoms with Gasteiger partial charge in [-0.1, -0.05) is 15.9 Å². The van der Waals surface area contributed by atoms with Crippen molar-refractivity contribution in [1.82, 2.24) is 0 Å². The van der Waals surface area contributed by atoms with E-state index in [1.54, 1.807) is 0 Å². The van der Waals surface area contributed by atoms with E-state index < -0.39 is 0 Å². The standard InChI is InChI=1S/C12H15BrN2S/c1-9(8-16-3)15(2)12-5-10(7-14)4-11(13)6-12/h4-6,9H,8H2,1-3H3. The molecule has 1 aromatic carbocycles. The van der Waals surface area contributed by atoms with E-state index in [0.29, 0.717) is 11.6 Å². The van der Waals surface area contributed by atoms with E-state index in [1.807, 2.05) is 30.0 Å². The zero-order chi connectivity index (χ0) is 12.1. The van der Waals surface area contributed by atoms with Gasteiger partial charge in [0, 0.05) is 29.0 Å². The first-order chi connectivity index (χ1) is 7.58. The topological polar surface area (TPSA) is 27.0 Å². The van der Waals surface area contributed by atoms with E-state index in [0.717, 1.165) is 15.9 Å². The van der Waals surface area contributed by atoms with Crippen molar-refractivity contribution in [1.29, 1.82) is 5.26 Å². The molecule has 2 nitrogen and oxygen atoms in total. The van der Waals surface area contributed by atoms with Crippen molar-refractivity contribution < 1.29 is 0 Å². The molecule has 16 heavy (non-hydrogen) atoms. The van der Waals surface area contributed by atoms with Gasteiger partial charge in [0.15, 0.2) is 0 Å². The van der Waals surface area contributed by atoms with Crippen LogP contribution in [0.5, 0.6) is 0 Å². The summed E-state index contributed by atoms with van der Waals surface area (Å²) in [6, 6.07) is 8.41. The zero-order valence-corrected chi connectivity index (χ0v) is 12.1. The van der Waals surface area contributed by atoms with E-state index in [1.165, 1.54) is 0 Å². The lowest BCUT2D eigenvalue weighted by Gasteiger charge is -2.26. The minimum absolute atomic E-state index is 0.454. The molecule has 0 saturated carbocycles. The van der Waals surface area contributed by atoms with E-state index in [2.05, 4.69) is 47.1 Å². The molecule has 0 aliphatic rings. The van der Waals surface area contributed by atoms with Crippen molar-refractivity contribution in [2.75, 3.05) is 24.0 Å². The van der Waals surface area contributed by atoms with Gasteiger partial charge in [0.05, 0.1) is 11.6 Å². The molecule has 0 bridgehead atoms. The number of hydrogen-bond donors (Lipinski definition) is 0. The first kappa shape index (κ1) is 13.4. The Hall–Kier alpha value is -0.660. The Morgan fingerprint density at radius 1 is 1.50 bits per heavy atom. The van der Waals surface area contributed by atoms with Gasteiger partial charge in [0.1, 0.15) is 0 Å². The van der Waals surface area contributed by atoms with Crippen molar-refractivity contribution in [3.8, 4) is 6.07 Å². The Balaban J connectivity index is 2.95. The van der Waals surface area contributed by atoms with Crippen LogP contribution in [0, 0.1) is 11.3 Å². The fourth-order valence-corrected chi connectivity index (χ4v) is 2.64. The minimum atomic E-state index is 0.454. The molecule has 0 amide bonds. The van der Waals surface area contributed by atoms with Gasteiger partial charge in [0.25, 0.3) is 0 Å². The molecular weight excluding hydrogens is 284 g/mol. The highest BCUT2D eigenvalue weighted by Crippen LogP contribution is 2.23. The first-order valence-electron chi connectivity index (χ1n) is 5.01. The number of nitrogens with zero attached hydrogens (tertiary/aromatic N) is 2. The Morgan fingerprint density at radius 3 is 2.75 bits per heavy atom. The summed E-state index contributed by atoms with van der Waals surface area (Å²) in [6.45, 7) is 2.18. The van der Waals surface area contributed by atoms with Crippen molar-refractivity contribution >= 4 is 33.4 Å². The maximum atomic E-state index is 8.92. The normalized spacial score (nSPS) is 11.9. The molecule has 0 heterocycles. The lowest BCUT2D eigenvalue weighted by atomic mass is 10.2. The van der Waals surface area contributed by atoms with Gasteiger partial charge in [-0.2, -0.15) is 17.0 Å². The highest BCUT2D eigenvalue weighted by molar-refractivity contribution is 9.10. The fraction of sp³-hybridized carbons (Fsp3) is 0.417. The summed E-state index contributed by atoms with van der Waals surface area (Å²) < 4.78 is 0.949. The Labute approximate surface area is 110 Å². The summed E-state index contributed by atoms with van der Waals surface area (Å²) in [5, 5.41) is 8.92. The van der Waals surface area contributed by atoms with Crippen LogP contribution in [0.2, 0.25) is 0 Å². The van der Waals surface area contributed by atoms with Gasteiger partial charge in [0.2, 0.25) is 0 Å². The van der Waals surface area contributed by atoms with Gasteiger partial charge in [-0.25, -0.2) is 0 Å². The van der Waals surface area contributed by atoms with Gasteiger partial charge >= 0.3 is 0 Å².